The summed E-state index contributed by atoms with van der Waals surface area (Å²) in [6.45, 7) is 1.02. The highest BCUT2D eigenvalue weighted by molar-refractivity contribution is 6.06. The van der Waals surface area contributed by atoms with E-state index in [-0.39, 0.29) is 6.10 Å². The smallest absolute Gasteiger partial charge is 0.417 e. The fraction of sp³-hybridized carbons (Fsp3) is 0.350. The van der Waals surface area contributed by atoms with Crippen molar-refractivity contribution in [2.75, 3.05) is 18.5 Å². The number of ether oxygens (including phenoxy) is 2. The van der Waals surface area contributed by atoms with Crippen LogP contribution in [0.4, 0.5) is 18.9 Å². The van der Waals surface area contributed by atoms with E-state index >= 15 is 0 Å². The Morgan fingerprint density at radius 2 is 1.85 bits per heavy atom. The minimum absolute atomic E-state index is 0.0199. The van der Waals surface area contributed by atoms with Crippen LogP contribution in [-0.2, 0) is 10.9 Å². The molecule has 1 amide bonds. The number of rotatable bonds is 5. The van der Waals surface area contributed by atoms with E-state index in [9.17, 15) is 18.0 Å². The molecule has 3 rings (SSSR count). The van der Waals surface area contributed by atoms with Crippen molar-refractivity contribution in [1.82, 2.24) is 0 Å². The Bertz CT molecular complexity index is 786. The average Bonchev–Trinajstić information content (AvgIpc) is 2.67. The van der Waals surface area contributed by atoms with Crippen LogP contribution < -0.4 is 10.1 Å². The van der Waals surface area contributed by atoms with Gasteiger partial charge in [-0.3, -0.25) is 4.79 Å². The maximum atomic E-state index is 13.1. The molecular formula is C20H20F3NO3. The predicted molar refractivity (Wildman–Crippen MR) is 94.9 cm³/mol. The summed E-state index contributed by atoms with van der Waals surface area (Å²) < 4.78 is 50.8. The highest BCUT2D eigenvalue weighted by Crippen LogP contribution is 2.33. The number of anilines is 1. The van der Waals surface area contributed by atoms with Gasteiger partial charge < -0.3 is 14.8 Å². The minimum atomic E-state index is -4.61. The second-order valence-electron chi connectivity index (χ2n) is 6.29. The Labute approximate surface area is 155 Å². The third-order valence-corrected chi connectivity index (χ3v) is 4.31. The molecule has 4 nitrogen and oxygen atoms in total. The van der Waals surface area contributed by atoms with Crippen LogP contribution in [-0.4, -0.2) is 25.2 Å². The molecule has 0 spiro atoms. The third-order valence-electron chi connectivity index (χ3n) is 4.31. The first-order chi connectivity index (χ1) is 12.9. The second kappa shape index (κ2) is 8.43. The zero-order chi connectivity index (χ0) is 19.3. The van der Waals surface area contributed by atoms with E-state index in [2.05, 4.69) is 5.32 Å². The summed E-state index contributed by atoms with van der Waals surface area (Å²) in [5.41, 5.74) is -1.10. The fourth-order valence-electron chi connectivity index (χ4n) is 2.94. The van der Waals surface area contributed by atoms with Crippen LogP contribution in [0, 0.1) is 0 Å². The van der Waals surface area contributed by atoms with Crippen LogP contribution in [0.2, 0.25) is 0 Å². The third kappa shape index (κ3) is 5.01. The quantitative estimate of drug-likeness (QED) is 0.803. The van der Waals surface area contributed by atoms with Gasteiger partial charge in [0.1, 0.15) is 12.4 Å². The minimum Gasteiger partial charge on any atom is -0.489 e. The van der Waals surface area contributed by atoms with Crippen LogP contribution >= 0.6 is 0 Å². The number of para-hydroxylation sites is 2. The molecule has 144 valence electrons. The summed E-state index contributed by atoms with van der Waals surface area (Å²) in [6.07, 6.45) is -1.63. The van der Waals surface area contributed by atoms with Crippen LogP contribution in [0.5, 0.6) is 5.75 Å². The first-order valence-corrected chi connectivity index (χ1v) is 8.76. The molecule has 27 heavy (non-hydrogen) atoms. The van der Waals surface area contributed by atoms with Crippen LogP contribution in [0.3, 0.4) is 0 Å². The van der Waals surface area contributed by atoms with Gasteiger partial charge in [-0.05, 0) is 43.5 Å². The largest absolute Gasteiger partial charge is 0.489 e. The maximum absolute atomic E-state index is 13.1. The number of amides is 1. The van der Waals surface area contributed by atoms with Gasteiger partial charge in [0.05, 0.1) is 22.9 Å². The van der Waals surface area contributed by atoms with Gasteiger partial charge in [0, 0.05) is 6.61 Å². The van der Waals surface area contributed by atoms with Gasteiger partial charge >= 0.3 is 6.18 Å². The standard InChI is InChI=1S/C20H20F3NO3/c21-20(22,23)16-9-2-1-8-15(16)19(25)24-17-10-3-4-11-18(17)27-13-14-7-5-6-12-26-14/h1-4,8-11,14H,5-7,12-13H2,(H,24,25)/t14-/m0/s1. The molecule has 1 heterocycles. The van der Waals surface area contributed by atoms with Crippen LogP contribution in [0.1, 0.15) is 35.2 Å². The highest BCUT2D eigenvalue weighted by atomic mass is 19.4. The monoisotopic (exact) mass is 379 g/mol. The maximum Gasteiger partial charge on any atom is 0.417 e. The van der Waals surface area contributed by atoms with E-state index in [1.54, 1.807) is 24.3 Å². The molecular weight excluding hydrogens is 359 g/mol. The van der Waals surface area contributed by atoms with Crippen molar-refractivity contribution in [3.05, 3.63) is 59.7 Å². The lowest BCUT2D eigenvalue weighted by Gasteiger charge is -2.23. The van der Waals surface area contributed by atoms with Crippen molar-refractivity contribution in [1.29, 1.82) is 0 Å². The molecule has 2 aromatic carbocycles. The van der Waals surface area contributed by atoms with Crippen molar-refractivity contribution in [3.63, 3.8) is 0 Å². The normalized spacial score (nSPS) is 17.4. The van der Waals surface area contributed by atoms with Crippen molar-refractivity contribution in [2.24, 2.45) is 0 Å². The summed E-state index contributed by atoms with van der Waals surface area (Å²) in [6, 6.07) is 11.3. The molecule has 2 aromatic rings. The van der Waals surface area contributed by atoms with Gasteiger partial charge in [-0.25, -0.2) is 0 Å². The zero-order valence-corrected chi connectivity index (χ0v) is 14.6. The summed E-state index contributed by atoms with van der Waals surface area (Å²) in [7, 11) is 0. The molecule has 0 saturated carbocycles. The summed E-state index contributed by atoms with van der Waals surface area (Å²) in [4.78, 5) is 12.4. The average molecular weight is 379 g/mol. The molecule has 0 aromatic heterocycles. The highest BCUT2D eigenvalue weighted by Gasteiger charge is 2.35. The van der Waals surface area contributed by atoms with Gasteiger partial charge in [-0.2, -0.15) is 13.2 Å². The first-order valence-electron chi connectivity index (χ1n) is 8.76. The molecule has 1 fully saturated rings. The Balaban J connectivity index is 1.73. The van der Waals surface area contributed by atoms with Crippen molar-refractivity contribution >= 4 is 11.6 Å². The summed E-state index contributed by atoms with van der Waals surface area (Å²) in [5, 5.41) is 2.52. The number of carbonyl (C=O) groups excluding carboxylic acids is 1. The van der Waals surface area contributed by atoms with E-state index in [0.29, 0.717) is 24.7 Å². The number of nitrogens with one attached hydrogen (secondary N) is 1. The lowest BCUT2D eigenvalue weighted by molar-refractivity contribution is -0.137. The lowest BCUT2D eigenvalue weighted by atomic mass is 10.1. The van der Waals surface area contributed by atoms with E-state index in [0.717, 1.165) is 31.4 Å². The Hall–Kier alpha value is -2.54. The number of carbonyl (C=O) groups is 1. The second-order valence-corrected chi connectivity index (χ2v) is 6.29. The fourth-order valence-corrected chi connectivity index (χ4v) is 2.94. The summed E-state index contributed by atoms with van der Waals surface area (Å²) >= 11 is 0. The molecule has 1 aliphatic heterocycles. The van der Waals surface area contributed by atoms with Crippen molar-refractivity contribution < 1.29 is 27.4 Å². The van der Waals surface area contributed by atoms with Crippen molar-refractivity contribution in [3.8, 4) is 5.75 Å². The molecule has 0 aliphatic carbocycles. The van der Waals surface area contributed by atoms with Crippen molar-refractivity contribution in [2.45, 2.75) is 31.5 Å². The zero-order valence-electron chi connectivity index (χ0n) is 14.6. The number of benzene rings is 2. The molecule has 1 atom stereocenters. The van der Waals surface area contributed by atoms with E-state index < -0.39 is 23.2 Å². The number of hydrogen-bond donors (Lipinski definition) is 1. The molecule has 1 aliphatic rings. The Morgan fingerprint density at radius 3 is 2.59 bits per heavy atom. The Kier molecular flexibility index (Phi) is 6.01. The Morgan fingerprint density at radius 1 is 1.11 bits per heavy atom. The van der Waals surface area contributed by atoms with E-state index in [1.807, 2.05) is 0 Å². The number of alkyl halides is 3. The van der Waals surface area contributed by atoms with E-state index in [4.69, 9.17) is 9.47 Å². The molecule has 0 radical (unpaired) electrons. The molecule has 0 unspecified atom stereocenters. The molecule has 1 N–H and O–H groups in total. The van der Waals surface area contributed by atoms with Gasteiger partial charge in [0.25, 0.3) is 5.91 Å². The first kappa shape index (κ1) is 19.2. The molecule has 7 heteroatoms. The van der Waals surface area contributed by atoms with Gasteiger partial charge in [-0.1, -0.05) is 24.3 Å². The van der Waals surface area contributed by atoms with Gasteiger partial charge in [-0.15, -0.1) is 0 Å². The van der Waals surface area contributed by atoms with E-state index in [1.165, 1.54) is 12.1 Å². The number of halogens is 3. The molecule has 0 bridgehead atoms. The SMILES string of the molecule is O=C(Nc1ccccc1OC[C@@H]1CCCCO1)c1ccccc1C(F)(F)F. The van der Waals surface area contributed by atoms with Gasteiger partial charge in [0.15, 0.2) is 0 Å². The van der Waals surface area contributed by atoms with Crippen LogP contribution in [0.25, 0.3) is 0 Å². The molecule has 1 saturated heterocycles. The van der Waals surface area contributed by atoms with Gasteiger partial charge in [0.2, 0.25) is 0 Å². The topological polar surface area (TPSA) is 47.6 Å². The van der Waals surface area contributed by atoms with Crippen LogP contribution in [0.15, 0.2) is 48.5 Å². The predicted octanol–water partition coefficient (Wildman–Crippen LogP) is 4.91. The number of hydrogen-bond acceptors (Lipinski definition) is 3. The lowest BCUT2D eigenvalue weighted by Crippen LogP contribution is -2.26. The summed E-state index contributed by atoms with van der Waals surface area (Å²) in [5.74, 6) is -0.447.